The van der Waals surface area contributed by atoms with E-state index >= 15 is 0 Å². The minimum atomic E-state index is 0.237. The average molecular weight is 560 g/mol. The summed E-state index contributed by atoms with van der Waals surface area (Å²) in [5.41, 5.74) is 2.61. The van der Waals surface area contributed by atoms with Gasteiger partial charge in [-0.3, -0.25) is 0 Å². The molecule has 8 rings (SSSR count). The molecule has 0 heterocycles. The van der Waals surface area contributed by atoms with Gasteiger partial charge in [0.1, 0.15) is 0 Å². The van der Waals surface area contributed by atoms with Crippen LogP contribution in [0.5, 0.6) is 0 Å². The van der Waals surface area contributed by atoms with E-state index in [0.717, 1.165) is 0 Å². The molecule has 0 bridgehead atoms. The second kappa shape index (κ2) is 9.10. The van der Waals surface area contributed by atoms with E-state index in [4.69, 9.17) is 0 Å². The Kier molecular flexibility index (Phi) is 5.26. The van der Waals surface area contributed by atoms with Gasteiger partial charge in [-0.2, -0.15) is 0 Å². The number of fused-ring (bicyclic) bond motifs is 11. The predicted octanol–water partition coefficient (Wildman–Crippen LogP) is 8.77. The van der Waals surface area contributed by atoms with E-state index in [2.05, 4.69) is 146 Å². The summed E-state index contributed by atoms with van der Waals surface area (Å²) in [6.45, 7) is 0. The van der Waals surface area contributed by atoms with Crippen molar-refractivity contribution in [1.82, 2.24) is 0 Å². The van der Waals surface area contributed by atoms with Gasteiger partial charge >= 0.3 is 234 Å². The van der Waals surface area contributed by atoms with Crippen LogP contribution in [0.1, 0.15) is 0 Å². The Bertz CT molecular complexity index is 2180. The fourth-order valence-electron chi connectivity index (χ4n) is 6.20. The quantitative estimate of drug-likeness (QED) is 0.150. The van der Waals surface area contributed by atoms with Crippen molar-refractivity contribution in [3.8, 4) is 11.1 Å². The average Bonchev–Trinajstić information content (AvgIpc) is 3.01. The summed E-state index contributed by atoms with van der Waals surface area (Å²) in [5, 5.41) is 13.3. The van der Waals surface area contributed by atoms with Gasteiger partial charge in [0.25, 0.3) is 0 Å². The van der Waals surface area contributed by atoms with Gasteiger partial charge in [-0.15, -0.1) is 0 Å². The minimum absolute atomic E-state index is 0.237. The van der Waals surface area contributed by atoms with E-state index in [1.54, 1.807) is 0 Å². The van der Waals surface area contributed by atoms with E-state index in [1.165, 1.54) is 73.9 Å². The fraction of sp³-hybridized carbons (Fsp3) is 0. The molecule has 39 heavy (non-hydrogen) atoms. The van der Waals surface area contributed by atoms with Gasteiger partial charge in [-0.1, -0.05) is 0 Å². The molecule has 0 fully saturated rings. The summed E-state index contributed by atoms with van der Waals surface area (Å²) in [5.74, 6) is 0. The molecular weight excluding hydrogens is 535 g/mol. The number of hydrogen-bond donors (Lipinski definition) is 0. The third kappa shape index (κ3) is 3.59. The molecule has 0 N–H and O–H groups in total. The second-order valence-corrected chi connectivity index (χ2v) is 12.4. The van der Waals surface area contributed by atoms with Crippen LogP contribution < -0.4 is 8.92 Å². The topological polar surface area (TPSA) is 0 Å². The van der Waals surface area contributed by atoms with E-state index in [9.17, 15) is 0 Å². The van der Waals surface area contributed by atoms with Crippen molar-refractivity contribution >= 4 is 77.7 Å². The monoisotopic (exact) mass is 560 g/mol. The zero-order valence-electron chi connectivity index (χ0n) is 21.3. The standard InChI is InChI=1S/C38H24Se/c1-2-12-26(13-3-1)39-36-21-11-10-14-27(36)25-22-23-31-30-17-6-8-19-33(30)37-32-18-7-4-15-28(32)29-16-5-9-20-34(29)38(37)35(31)24-25/h1-24H. The molecular formula is C38H24Se. The molecule has 0 nitrogen and oxygen atoms in total. The van der Waals surface area contributed by atoms with Crippen LogP contribution in [-0.4, -0.2) is 15.0 Å². The van der Waals surface area contributed by atoms with Gasteiger partial charge < -0.3 is 0 Å². The maximum atomic E-state index is 2.45. The van der Waals surface area contributed by atoms with Crippen molar-refractivity contribution in [3.63, 3.8) is 0 Å². The summed E-state index contributed by atoms with van der Waals surface area (Å²) in [4.78, 5) is 0. The van der Waals surface area contributed by atoms with Crippen LogP contribution in [0.15, 0.2) is 146 Å². The molecule has 1 heteroatoms. The molecule has 0 saturated heterocycles. The third-order valence-corrected chi connectivity index (χ3v) is 10.2. The first-order valence-corrected chi connectivity index (χ1v) is 15.1. The first-order valence-electron chi connectivity index (χ1n) is 13.4. The van der Waals surface area contributed by atoms with Gasteiger partial charge in [-0.25, -0.2) is 0 Å². The van der Waals surface area contributed by atoms with Gasteiger partial charge in [0.05, 0.1) is 0 Å². The van der Waals surface area contributed by atoms with Crippen LogP contribution in [0.2, 0.25) is 0 Å². The summed E-state index contributed by atoms with van der Waals surface area (Å²) in [7, 11) is 0. The van der Waals surface area contributed by atoms with E-state index in [0.29, 0.717) is 0 Å². The normalized spacial score (nSPS) is 11.7. The molecule has 0 aliphatic carbocycles. The van der Waals surface area contributed by atoms with Gasteiger partial charge in [0.2, 0.25) is 0 Å². The molecule has 8 aromatic carbocycles. The van der Waals surface area contributed by atoms with Crippen molar-refractivity contribution in [2.45, 2.75) is 0 Å². The Morgan fingerprint density at radius 2 is 0.795 bits per heavy atom. The first kappa shape index (κ1) is 22.6. The summed E-state index contributed by atoms with van der Waals surface area (Å²) >= 11 is 0.237. The molecule has 0 spiro atoms. The summed E-state index contributed by atoms with van der Waals surface area (Å²) < 4.78 is 2.81. The fourth-order valence-corrected chi connectivity index (χ4v) is 8.28. The van der Waals surface area contributed by atoms with E-state index in [1.807, 2.05) is 0 Å². The van der Waals surface area contributed by atoms with Crippen molar-refractivity contribution in [2.24, 2.45) is 0 Å². The molecule has 0 aromatic heterocycles. The van der Waals surface area contributed by atoms with E-state index < -0.39 is 0 Å². The first-order chi connectivity index (χ1) is 19.4. The van der Waals surface area contributed by atoms with Crippen LogP contribution in [-0.2, 0) is 0 Å². The molecule has 0 aliphatic heterocycles. The number of benzene rings is 8. The molecule has 0 atom stereocenters. The molecule has 0 unspecified atom stereocenters. The van der Waals surface area contributed by atoms with Crippen LogP contribution >= 0.6 is 0 Å². The van der Waals surface area contributed by atoms with Crippen molar-refractivity contribution in [1.29, 1.82) is 0 Å². The Morgan fingerprint density at radius 3 is 1.41 bits per heavy atom. The molecule has 182 valence electrons. The van der Waals surface area contributed by atoms with Gasteiger partial charge in [-0.05, 0) is 0 Å². The maximum absolute atomic E-state index is 2.45. The second-order valence-electron chi connectivity index (χ2n) is 10.1. The Hall–Kier alpha value is -4.42. The van der Waals surface area contributed by atoms with Crippen LogP contribution in [0.3, 0.4) is 0 Å². The van der Waals surface area contributed by atoms with E-state index in [-0.39, 0.29) is 15.0 Å². The van der Waals surface area contributed by atoms with Crippen LogP contribution in [0.4, 0.5) is 0 Å². The zero-order valence-corrected chi connectivity index (χ0v) is 23.0. The number of rotatable bonds is 3. The molecule has 0 aliphatic rings. The SMILES string of the molecule is c1ccc([Se]c2ccccc2-c2ccc3c4ccccc4c4c5ccccc5c5ccccc5c4c3c2)cc1. The van der Waals surface area contributed by atoms with Crippen molar-refractivity contribution in [3.05, 3.63) is 146 Å². The molecule has 0 amide bonds. The van der Waals surface area contributed by atoms with Crippen LogP contribution in [0.25, 0.3) is 65.0 Å². The zero-order chi connectivity index (χ0) is 25.8. The summed E-state index contributed by atoms with van der Waals surface area (Å²) in [6, 6.07) is 53.7. The summed E-state index contributed by atoms with van der Waals surface area (Å²) in [6.07, 6.45) is 0. The van der Waals surface area contributed by atoms with Crippen molar-refractivity contribution < 1.29 is 0 Å². The van der Waals surface area contributed by atoms with Crippen molar-refractivity contribution in [2.75, 3.05) is 0 Å². The van der Waals surface area contributed by atoms with Crippen LogP contribution in [0, 0.1) is 0 Å². The molecule has 0 radical (unpaired) electrons. The van der Waals surface area contributed by atoms with Gasteiger partial charge in [0.15, 0.2) is 0 Å². The Labute approximate surface area is 233 Å². The Morgan fingerprint density at radius 1 is 0.333 bits per heavy atom. The molecule has 0 saturated carbocycles. The van der Waals surface area contributed by atoms with Gasteiger partial charge in [0, 0.05) is 0 Å². The third-order valence-electron chi connectivity index (χ3n) is 7.88. The Balaban J connectivity index is 1.51. The number of hydrogen-bond acceptors (Lipinski definition) is 0. The molecule has 8 aromatic rings. The predicted molar refractivity (Wildman–Crippen MR) is 171 cm³/mol.